The molecule has 86 valence electrons. The van der Waals surface area contributed by atoms with Gasteiger partial charge < -0.3 is 10.2 Å². The molecule has 4 heteroatoms. The molecule has 1 heterocycles. The van der Waals surface area contributed by atoms with Gasteiger partial charge in [0.2, 0.25) is 0 Å². The molecule has 1 saturated carbocycles. The van der Waals surface area contributed by atoms with Gasteiger partial charge >= 0.3 is 6.03 Å². The van der Waals surface area contributed by atoms with Gasteiger partial charge in [0.25, 0.3) is 0 Å². The molecule has 0 bridgehead atoms. The highest BCUT2D eigenvalue weighted by Gasteiger charge is 2.24. The average molecular weight is 219 g/mol. The minimum Gasteiger partial charge on any atom is -0.335 e. The first-order valence-electron chi connectivity index (χ1n) is 5.59. The monoisotopic (exact) mass is 219 g/mol. The molecule has 1 aliphatic rings. The van der Waals surface area contributed by atoms with Crippen molar-refractivity contribution in [1.29, 1.82) is 0 Å². The maximum absolute atomic E-state index is 11.7. The Morgan fingerprint density at radius 2 is 2.31 bits per heavy atom. The molecule has 1 aromatic rings. The summed E-state index contributed by atoms with van der Waals surface area (Å²) in [5, 5.41) is 2.95. The van der Waals surface area contributed by atoms with E-state index in [1.807, 2.05) is 25.1 Å². The quantitative estimate of drug-likeness (QED) is 0.841. The maximum atomic E-state index is 11.7. The normalized spacial score (nSPS) is 14.6. The number of rotatable bonds is 3. The zero-order valence-corrected chi connectivity index (χ0v) is 9.73. The molecule has 0 radical (unpaired) electrons. The van der Waals surface area contributed by atoms with E-state index in [4.69, 9.17) is 0 Å². The zero-order valence-electron chi connectivity index (χ0n) is 9.73. The molecule has 0 spiro atoms. The Hall–Kier alpha value is -1.58. The van der Waals surface area contributed by atoms with Crippen LogP contribution in [0, 0.1) is 6.92 Å². The van der Waals surface area contributed by atoms with Crippen LogP contribution < -0.4 is 5.32 Å². The van der Waals surface area contributed by atoms with E-state index in [0.717, 1.165) is 24.2 Å². The summed E-state index contributed by atoms with van der Waals surface area (Å²) in [6.45, 7) is 2.51. The number of nitrogens with zero attached hydrogens (tertiary/aromatic N) is 2. The highest BCUT2D eigenvalue weighted by Crippen LogP contribution is 2.18. The summed E-state index contributed by atoms with van der Waals surface area (Å²) < 4.78 is 0. The Balaban J connectivity index is 1.90. The van der Waals surface area contributed by atoms with Crippen LogP contribution in [0.4, 0.5) is 4.79 Å². The molecule has 1 fully saturated rings. The predicted octanol–water partition coefficient (Wildman–Crippen LogP) is 1.69. The maximum Gasteiger partial charge on any atom is 0.317 e. The smallest absolute Gasteiger partial charge is 0.317 e. The van der Waals surface area contributed by atoms with Crippen molar-refractivity contribution in [2.45, 2.75) is 32.4 Å². The highest BCUT2D eigenvalue weighted by molar-refractivity contribution is 5.74. The van der Waals surface area contributed by atoms with Crippen LogP contribution in [0.25, 0.3) is 0 Å². The fraction of sp³-hybridized carbons (Fsp3) is 0.500. The van der Waals surface area contributed by atoms with Gasteiger partial charge in [-0.25, -0.2) is 4.79 Å². The summed E-state index contributed by atoms with van der Waals surface area (Å²) in [5.41, 5.74) is 1.90. The second-order valence-corrected chi connectivity index (χ2v) is 4.35. The summed E-state index contributed by atoms with van der Waals surface area (Å²) in [5.74, 6) is 0. The SMILES string of the molecule is Cc1cccc(CN(C)C(=O)NC2CC2)n1. The second kappa shape index (κ2) is 4.51. The number of pyridine rings is 1. The lowest BCUT2D eigenvalue weighted by Gasteiger charge is -2.17. The summed E-state index contributed by atoms with van der Waals surface area (Å²) in [4.78, 5) is 17.7. The Morgan fingerprint density at radius 1 is 1.56 bits per heavy atom. The summed E-state index contributed by atoms with van der Waals surface area (Å²) >= 11 is 0. The molecular weight excluding hydrogens is 202 g/mol. The van der Waals surface area contributed by atoms with Crippen LogP contribution in [0.1, 0.15) is 24.2 Å². The number of hydrogen-bond acceptors (Lipinski definition) is 2. The molecule has 0 unspecified atom stereocenters. The van der Waals surface area contributed by atoms with E-state index in [1.165, 1.54) is 0 Å². The van der Waals surface area contributed by atoms with Crippen molar-refractivity contribution in [1.82, 2.24) is 15.2 Å². The lowest BCUT2D eigenvalue weighted by atomic mass is 10.3. The molecule has 2 rings (SSSR count). The number of carbonyl (C=O) groups excluding carboxylic acids is 1. The second-order valence-electron chi connectivity index (χ2n) is 4.35. The number of carbonyl (C=O) groups is 1. The van der Waals surface area contributed by atoms with Crippen molar-refractivity contribution in [2.75, 3.05) is 7.05 Å². The van der Waals surface area contributed by atoms with Crippen LogP contribution in [0.15, 0.2) is 18.2 Å². The van der Waals surface area contributed by atoms with Gasteiger partial charge in [-0.1, -0.05) is 6.07 Å². The van der Waals surface area contributed by atoms with Crippen LogP contribution >= 0.6 is 0 Å². The summed E-state index contributed by atoms with van der Waals surface area (Å²) in [7, 11) is 1.79. The van der Waals surface area contributed by atoms with Gasteiger partial charge in [-0.05, 0) is 31.9 Å². The Morgan fingerprint density at radius 3 is 2.94 bits per heavy atom. The zero-order chi connectivity index (χ0) is 11.5. The first kappa shape index (κ1) is 10.9. The lowest BCUT2D eigenvalue weighted by molar-refractivity contribution is 0.206. The highest BCUT2D eigenvalue weighted by atomic mass is 16.2. The van der Waals surface area contributed by atoms with Crippen LogP contribution in [-0.4, -0.2) is 29.0 Å². The molecule has 0 atom stereocenters. The van der Waals surface area contributed by atoms with Crippen LogP contribution in [0.2, 0.25) is 0 Å². The van der Waals surface area contributed by atoms with Crippen molar-refractivity contribution in [3.8, 4) is 0 Å². The Bertz CT molecular complexity index is 388. The van der Waals surface area contributed by atoms with E-state index in [9.17, 15) is 4.79 Å². The molecule has 1 aliphatic carbocycles. The van der Waals surface area contributed by atoms with Crippen molar-refractivity contribution >= 4 is 6.03 Å². The molecule has 1 N–H and O–H groups in total. The van der Waals surface area contributed by atoms with Crippen LogP contribution in [0.5, 0.6) is 0 Å². The third-order valence-electron chi connectivity index (χ3n) is 2.60. The molecule has 0 saturated heterocycles. The fourth-order valence-corrected chi connectivity index (χ4v) is 1.51. The van der Waals surface area contributed by atoms with E-state index < -0.39 is 0 Å². The molecular formula is C12H17N3O. The van der Waals surface area contributed by atoms with Crippen LogP contribution in [-0.2, 0) is 6.54 Å². The number of aryl methyl sites for hydroxylation is 1. The van der Waals surface area contributed by atoms with Gasteiger partial charge in [0.05, 0.1) is 12.2 Å². The van der Waals surface area contributed by atoms with Gasteiger partial charge in [-0.3, -0.25) is 4.98 Å². The number of aromatic nitrogens is 1. The minimum atomic E-state index is -0.00851. The standard InChI is InChI=1S/C12H17N3O/c1-9-4-3-5-11(13-9)8-15(2)12(16)14-10-6-7-10/h3-5,10H,6-8H2,1-2H3,(H,14,16). The number of hydrogen-bond donors (Lipinski definition) is 1. The molecule has 16 heavy (non-hydrogen) atoms. The molecule has 0 aliphatic heterocycles. The third-order valence-corrected chi connectivity index (χ3v) is 2.60. The average Bonchev–Trinajstić information content (AvgIpc) is 3.01. The van der Waals surface area contributed by atoms with E-state index in [1.54, 1.807) is 11.9 Å². The number of amides is 2. The first-order chi connectivity index (χ1) is 7.65. The Labute approximate surface area is 95.7 Å². The number of nitrogens with one attached hydrogen (secondary N) is 1. The van der Waals surface area contributed by atoms with Crippen molar-refractivity contribution in [3.05, 3.63) is 29.6 Å². The van der Waals surface area contributed by atoms with Gasteiger partial charge in [-0.15, -0.1) is 0 Å². The lowest BCUT2D eigenvalue weighted by Crippen LogP contribution is -2.38. The summed E-state index contributed by atoms with van der Waals surface area (Å²) in [6.07, 6.45) is 2.23. The fourth-order valence-electron chi connectivity index (χ4n) is 1.51. The van der Waals surface area contributed by atoms with Crippen LogP contribution in [0.3, 0.4) is 0 Å². The molecule has 0 aromatic carbocycles. The Kier molecular flexibility index (Phi) is 3.08. The van der Waals surface area contributed by atoms with Gasteiger partial charge in [-0.2, -0.15) is 0 Å². The first-order valence-corrected chi connectivity index (χ1v) is 5.59. The van der Waals surface area contributed by atoms with Crippen molar-refractivity contribution in [2.24, 2.45) is 0 Å². The largest absolute Gasteiger partial charge is 0.335 e. The minimum absolute atomic E-state index is 0.00851. The van der Waals surface area contributed by atoms with E-state index in [2.05, 4.69) is 10.3 Å². The molecule has 4 nitrogen and oxygen atoms in total. The van der Waals surface area contributed by atoms with Gasteiger partial charge in [0, 0.05) is 18.8 Å². The number of urea groups is 1. The topological polar surface area (TPSA) is 45.2 Å². The van der Waals surface area contributed by atoms with Crippen molar-refractivity contribution in [3.63, 3.8) is 0 Å². The van der Waals surface area contributed by atoms with Crippen molar-refractivity contribution < 1.29 is 4.79 Å². The third kappa shape index (κ3) is 2.95. The van der Waals surface area contributed by atoms with Gasteiger partial charge in [0.1, 0.15) is 0 Å². The molecule has 1 aromatic heterocycles. The predicted molar refractivity (Wildman–Crippen MR) is 62.0 cm³/mol. The van der Waals surface area contributed by atoms with E-state index in [-0.39, 0.29) is 6.03 Å². The van der Waals surface area contributed by atoms with E-state index in [0.29, 0.717) is 12.6 Å². The van der Waals surface area contributed by atoms with Gasteiger partial charge in [0.15, 0.2) is 0 Å². The van der Waals surface area contributed by atoms with E-state index >= 15 is 0 Å². The summed E-state index contributed by atoms with van der Waals surface area (Å²) in [6, 6.07) is 6.25. The molecule has 2 amide bonds.